The minimum atomic E-state index is -0.555. The summed E-state index contributed by atoms with van der Waals surface area (Å²) in [6.07, 6.45) is 8.09. The van der Waals surface area contributed by atoms with E-state index in [2.05, 4.69) is 51.3 Å². The molecular formula is C35H42N4O5S. The maximum Gasteiger partial charge on any atom is 0.410 e. The van der Waals surface area contributed by atoms with Crippen LogP contribution in [0, 0.1) is 5.92 Å². The van der Waals surface area contributed by atoms with Crippen molar-refractivity contribution in [2.24, 2.45) is 5.92 Å². The monoisotopic (exact) mass is 630 g/mol. The van der Waals surface area contributed by atoms with E-state index < -0.39 is 17.2 Å². The third kappa shape index (κ3) is 7.16. The Morgan fingerprint density at radius 2 is 1.82 bits per heavy atom. The molecule has 6 rings (SSSR count). The van der Waals surface area contributed by atoms with Crippen molar-refractivity contribution in [3.8, 4) is 22.3 Å². The zero-order valence-corrected chi connectivity index (χ0v) is 27.1. The van der Waals surface area contributed by atoms with Crippen molar-refractivity contribution in [2.45, 2.75) is 89.3 Å². The Kier molecular flexibility index (Phi) is 8.86. The van der Waals surface area contributed by atoms with Crippen LogP contribution in [0.1, 0.15) is 77.7 Å². The molecule has 0 unspecified atom stereocenters. The molecule has 0 radical (unpaired) electrons. The number of carbonyl (C=O) groups excluding carboxylic acids is 3. The van der Waals surface area contributed by atoms with E-state index in [1.807, 2.05) is 43.3 Å². The van der Waals surface area contributed by atoms with Gasteiger partial charge in [0.05, 0.1) is 12.1 Å². The van der Waals surface area contributed by atoms with Crippen LogP contribution >= 0.6 is 11.3 Å². The maximum atomic E-state index is 13.1. The summed E-state index contributed by atoms with van der Waals surface area (Å²) in [5.74, 6) is 0.783. The minimum absolute atomic E-state index is 0.0387. The van der Waals surface area contributed by atoms with Gasteiger partial charge in [-0.15, -0.1) is 0 Å². The highest BCUT2D eigenvalue weighted by Crippen LogP contribution is 2.43. The summed E-state index contributed by atoms with van der Waals surface area (Å²) in [6.45, 7) is 6.74. The molecule has 2 aromatic heterocycles. The lowest BCUT2D eigenvalue weighted by Gasteiger charge is -2.43. The summed E-state index contributed by atoms with van der Waals surface area (Å²) >= 11 is 1.62. The van der Waals surface area contributed by atoms with Crippen LogP contribution in [0.2, 0.25) is 0 Å². The lowest BCUT2D eigenvalue weighted by atomic mass is 9.71. The third-order valence-corrected chi connectivity index (χ3v) is 9.91. The van der Waals surface area contributed by atoms with Crippen LogP contribution in [0.5, 0.6) is 0 Å². The highest BCUT2D eigenvalue weighted by molar-refractivity contribution is 7.08. The molecule has 1 saturated heterocycles. The summed E-state index contributed by atoms with van der Waals surface area (Å²) in [4.78, 5) is 44.1. The molecule has 45 heavy (non-hydrogen) atoms. The first-order valence-corrected chi connectivity index (χ1v) is 16.9. The zero-order chi connectivity index (χ0) is 31.6. The van der Waals surface area contributed by atoms with Gasteiger partial charge in [-0.3, -0.25) is 4.79 Å². The first-order valence-electron chi connectivity index (χ1n) is 16.0. The normalized spacial score (nSPS) is 21.0. The topological polar surface area (TPSA) is 110 Å². The van der Waals surface area contributed by atoms with Gasteiger partial charge in [0.1, 0.15) is 18.0 Å². The van der Waals surface area contributed by atoms with Crippen molar-refractivity contribution in [3.63, 3.8) is 0 Å². The molecule has 9 nitrogen and oxygen atoms in total. The van der Waals surface area contributed by atoms with Gasteiger partial charge in [-0.05, 0) is 117 Å². The molecule has 0 bridgehead atoms. The highest BCUT2D eigenvalue weighted by Gasteiger charge is 2.41. The van der Waals surface area contributed by atoms with Gasteiger partial charge in [-0.25, -0.2) is 14.6 Å². The zero-order valence-electron chi connectivity index (χ0n) is 26.3. The number of thiophene rings is 1. The van der Waals surface area contributed by atoms with E-state index in [9.17, 15) is 14.4 Å². The molecule has 3 fully saturated rings. The molecule has 2 saturated carbocycles. The van der Waals surface area contributed by atoms with Crippen LogP contribution < -0.4 is 10.6 Å². The Labute approximate surface area is 268 Å². The van der Waals surface area contributed by atoms with Gasteiger partial charge in [0, 0.05) is 24.2 Å². The number of hydrogen-bond acceptors (Lipinski definition) is 7. The second-order valence-electron chi connectivity index (χ2n) is 13.5. The number of alkyl carbamates (subject to hydrolysis) is 1. The summed E-state index contributed by atoms with van der Waals surface area (Å²) in [7, 11) is 0. The molecule has 2 aliphatic carbocycles. The standard InChI is InChI=1S/C35H42N4O5S/c1-34(2,3)44-32(41)38-35(14-4-15-35)26-9-7-24(8-10-26)29-21-36-30(20-28(29)25-13-18-45-22-25)37-31(40)19-23-5-11-27(12-6-23)39-16-17-43-33(39)42/h7-10,13,18,20-23,27H,4-6,11-12,14-17,19H2,1-3H3,(H,38,41)(H,36,37,40). The quantitative estimate of drug-likeness (QED) is 0.264. The number of rotatable bonds is 8. The Morgan fingerprint density at radius 1 is 1.07 bits per heavy atom. The predicted octanol–water partition coefficient (Wildman–Crippen LogP) is 7.72. The van der Waals surface area contributed by atoms with Gasteiger partial charge in [0.25, 0.3) is 0 Å². The van der Waals surface area contributed by atoms with Crippen LogP contribution in [-0.4, -0.2) is 52.8 Å². The molecular weight excluding hydrogens is 588 g/mol. The number of ether oxygens (including phenoxy) is 2. The fourth-order valence-electron chi connectivity index (χ4n) is 6.75. The van der Waals surface area contributed by atoms with E-state index in [1.165, 1.54) is 0 Å². The van der Waals surface area contributed by atoms with Gasteiger partial charge in [0.15, 0.2) is 0 Å². The van der Waals surface area contributed by atoms with Crippen molar-refractivity contribution in [1.29, 1.82) is 0 Å². The summed E-state index contributed by atoms with van der Waals surface area (Å²) in [5.41, 5.74) is 4.14. The van der Waals surface area contributed by atoms with E-state index in [0.29, 0.717) is 25.4 Å². The van der Waals surface area contributed by atoms with Gasteiger partial charge >= 0.3 is 12.2 Å². The maximum absolute atomic E-state index is 13.1. The number of cyclic esters (lactones) is 1. The fourth-order valence-corrected chi connectivity index (χ4v) is 7.40. The summed E-state index contributed by atoms with van der Waals surface area (Å²) in [5, 5.41) is 10.3. The number of anilines is 1. The first kappa shape index (κ1) is 31.1. The number of nitrogens with zero attached hydrogens (tertiary/aromatic N) is 2. The highest BCUT2D eigenvalue weighted by atomic mass is 32.1. The van der Waals surface area contributed by atoms with Crippen LogP contribution in [0.25, 0.3) is 22.3 Å². The van der Waals surface area contributed by atoms with E-state index in [4.69, 9.17) is 9.47 Å². The number of carbonyl (C=O) groups is 3. The van der Waals surface area contributed by atoms with Crippen molar-refractivity contribution in [1.82, 2.24) is 15.2 Å². The van der Waals surface area contributed by atoms with Crippen molar-refractivity contribution >= 4 is 35.2 Å². The number of benzene rings is 1. The molecule has 3 aliphatic rings. The van der Waals surface area contributed by atoms with Gasteiger partial charge in [-0.1, -0.05) is 24.3 Å². The van der Waals surface area contributed by atoms with Crippen LogP contribution in [0.15, 0.2) is 53.4 Å². The molecule has 238 valence electrons. The summed E-state index contributed by atoms with van der Waals surface area (Å²) < 4.78 is 10.6. The lowest BCUT2D eigenvalue weighted by Crippen LogP contribution is -2.52. The predicted molar refractivity (Wildman–Crippen MR) is 175 cm³/mol. The third-order valence-electron chi connectivity index (χ3n) is 9.22. The molecule has 0 spiro atoms. The second kappa shape index (κ2) is 12.8. The molecule has 10 heteroatoms. The Bertz CT molecular complexity index is 1520. The number of amides is 3. The van der Waals surface area contributed by atoms with E-state index in [1.54, 1.807) is 11.3 Å². The Hall–Kier alpha value is -3.92. The Morgan fingerprint density at radius 3 is 2.42 bits per heavy atom. The van der Waals surface area contributed by atoms with Gasteiger partial charge < -0.3 is 25.0 Å². The average Bonchev–Trinajstić information content (AvgIpc) is 3.67. The molecule has 3 amide bonds. The van der Waals surface area contributed by atoms with Crippen molar-refractivity contribution < 1.29 is 23.9 Å². The second-order valence-corrected chi connectivity index (χ2v) is 14.3. The SMILES string of the molecule is CC(C)(C)OC(=O)NC1(c2ccc(-c3cnc(NC(=O)CC4CCC(N5CCOC5=O)CC4)cc3-c3ccsc3)cc2)CCC1. The molecule has 3 aromatic rings. The van der Waals surface area contributed by atoms with Crippen molar-refractivity contribution in [3.05, 3.63) is 58.9 Å². The van der Waals surface area contributed by atoms with Crippen LogP contribution in [0.3, 0.4) is 0 Å². The molecule has 0 atom stereocenters. The fraction of sp³-hybridized carbons (Fsp3) is 0.486. The largest absolute Gasteiger partial charge is 0.448 e. The number of nitrogens with one attached hydrogen (secondary N) is 2. The number of pyridine rings is 1. The molecule has 2 N–H and O–H groups in total. The molecule has 3 heterocycles. The summed E-state index contributed by atoms with van der Waals surface area (Å²) in [6, 6.07) is 12.6. The average molecular weight is 631 g/mol. The minimum Gasteiger partial charge on any atom is -0.448 e. The molecule has 1 aromatic carbocycles. The van der Waals surface area contributed by atoms with Crippen LogP contribution in [-0.2, 0) is 19.8 Å². The number of aromatic nitrogens is 1. The van der Waals surface area contributed by atoms with Crippen molar-refractivity contribution in [2.75, 3.05) is 18.5 Å². The number of hydrogen-bond donors (Lipinski definition) is 2. The Balaban J connectivity index is 1.13. The van der Waals surface area contributed by atoms with E-state index in [-0.39, 0.29) is 24.0 Å². The van der Waals surface area contributed by atoms with E-state index >= 15 is 0 Å². The van der Waals surface area contributed by atoms with Gasteiger partial charge in [-0.2, -0.15) is 11.3 Å². The van der Waals surface area contributed by atoms with E-state index in [0.717, 1.165) is 72.8 Å². The van der Waals surface area contributed by atoms with Gasteiger partial charge in [0.2, 0.25) is 5.91 Å². The molecule has 1 aliphatic heterocycles. The first-order chi connectivity index (χ1) is 21.6. The van der Waals surface area contributed by atoms with Crippen LogP contribution in [0.4, 0.5) is 15.4 Å². The smallest absolute Gasteiger partial charge is 0.410 e. The lowest BCUT2D eigenvalue weighted by molar-refractivity contribution is -0.117.